The molecule has 4 rings (SSSR count). The van der Waals surface area contributed by atoms with Crippen LogP contribution in [0.3, 0.4) is 0 Å². The van der Waals surface area contributed by atoms with E-state index in [4.69, 9.17) is 9.72 Å². The molecule has 2 aromatic carbocycles. The van der Waals surface area contributed by atoms with Crippen molar-refractivity contribution in [2.24, 2.45) is 5.92 Å². The third-order valence-corrected chi connectivity index (χ3v) is 6.56. The van der Waals surface area contributed by atoms with E-state index in [-0.39, 0.29) is 23.7 Å². The molecule has 2 heterocycles. The number of nitriles is 1. The lowest BCUT2D eigenvalue weighted by Gasteiger charge is -2.31. The van der Waals surface area contributed by atoms with Crippen LogP contribution in [-0.4, -0.2) is 55.2 Å². The van der Waals surface area contributed by atoms with Gasteiger partial charge in [-0.25, -0.2) is 14.2 Å². The monoisotopic (exact) mass is 515 g/mol. The van der Waals surface area contributed by atoms with Crippen LogP contribution in [-0.2, 0) is 11.2 Å². The van der Waals surface area contributed by atoms with Crippen molar-refractivity contribution in [3.8, 4) is 17.3 Å². The van der Waals surface area contributed by atoms with Crippen molar-refractivity contribution in [2.75, 3.05) is 38.6 Å². The zero-order valence-electron chi connectivity index (χ0n) is 21.2. The molecule has 1 fully saturated rings. The van der Waals surface area contributed by atoms with E-state index in [0.717, 1.165) is 18.4 Å². The van der Waals surface area contributed by atoms with Gasteiger partial charge < -0.3 is 20.3 Å². The van der Waals surface area contributed by atoms with Crippen LogP contribution < -0.4 is 10.6 Å². The van der Waals surface area contributed by atoms with Crippen LogP contribution in [0, 0.1) is 23.1 Å². The number of piperidine rings is 1. The molecule has 0 aliphatic carbocycles. The Hall–Kier alpha value is -4.45. The highest BCUT2D eigenvalue weighted by atomic mass is 19.1. The van der Waals surface area contributed by atoms with Crippen molar-refractivity contribution in [2.45, 2.75) is 19.3 Å². The number of anilines is 1. The predicted octanol–water partition coefficient (Wildman–Crippen LogP) is 4.62. The molecule has 0 saturated carbocycles. The first-order valence-electron chi connectivity index (χ1n) is 12.6. The molecule has 1 atom stereocenters. The van der Waals surface area contributed by atoms with E-state index in [1.807, 2.05) is 18.2 Å². The number of nitrogens with one attached hydrogen (secondary N) is 2. The molecule has 196 valence electrons. The predicted molar refractivity (Wildman–Crippen MR) is 142 cm³/mol. The highest BCUT2D eigenvalue weighted by Crippen LogP contribution is 2.25. The van der Waals surface area contributed by atoms with Crippen LogP contribution in [0.15, 0.2) is 60.7 Å². The van der Waals surface area contributed by atoms with Crippen molar-refractivity contribution in [3.05, 3.63) is 83.2 Å². The third-order valence-electron chi connectivity index (χ3n) is 6.56. The smallest absolute Gasteiger partial charge is 0.409 e. The summed E-state index contributed by atoms with van der Waals surface area (Å²) in [5.41, 5.74) is 2.90. The fourth-order valence-electron chi connectivity index (χ4n) is 4.61. The summed E-state index contributed by atoms with van der Waals surface area (Å²) in [6, 6.07) is 19.1. The molecule has 2 amide bonds. The van der Waals surface area contributed by atoms with E-state index in [1.165, 1.54) is 19.2 Å². The Morgan fingerprint density at radius 1 is 1.18 bits per heavy atom. The van der Waals surface area contributed by atoms with Crippen molar-refractivity contribution < 1.29 is 18.7 Å². The molecule has 0 spiro atoms. The fraction of sp³-hybridized carbons (Fsp3) is 0.310. The van der Waals surface area contributed by atoms with Crippen LogP contribution in [0.2, 0.25) is 0 Å². The van der Waals surface area contributed by atoms with Gasteiger partial charge in [0.25, 0.3) is 5.91 Å². The first-order chi connectivity index (χ1) is 18.5. The zero-order chi connectivity index (χ0) is 26.9. The fourth-order valence-corrected chi connectivity index (χ4v) is 4.61. The summed E-state index contributed by atoms with van der Waals surface area (Å²) in [7, 11) is 1.36. The van der Waals surface area contributed by atoms with Crippen molar-refractivity contribution in [3.63, 3.8) is 0 Å². The number of likely N-dealkylation sites (tertiary alicyclic amines) is 1. The Kier molecular flexibility index (Phi) is 8.88. The Labute approximate surface area is 221 Å². The number of carbonyl (C=O) groups is 2. The van der Waals surface area contributed by atoms with Gasteiger partial charge >= 0.3 is 6.09 Å². The summed E-state index contributed by atoms with van der Waals surface area (Å²) in [6.45, 7) is 2.00. The van der Waals surface area contributed by atoms with Gasteiger partial charge in [-0.05, 0) is 61.1 Å². The molecule has 2 N–H and O–H groups in total. The van der Waals surface area contributed by atoms with E-state index in [1.54, 1.807) is 35.2 Å². The van der Waals surface area contributed by atoms with Crippen molar-refractivity contribution >= 4 is 17.8 Å². The molecule has 9 heteroatoms. The largest absolute Gasteiger partial charge is 0.453 e. The maximum Gasteiger partial charge on any atom is 0.409 e. The zero-order valence-corrected chi connectivity index (χ0v) is 21.2. The number of hydrogen-bond acceptors (Lipinski definition) is 6. The van der Waals surface area contributed by atoms with Gasteiger partial charge in [0.05, 0.1) is 30.0 Å². The highest BCUT2D eigenvalue weighted by molar-refractivity contribution is 5.99. The Morgan fingerprint density at radius 3 is 2.82 bits per heavy atom. The SMILES string of the molecule is COC(=O)N1CCC[C@H](CNC(=O)c2ccc(-c3ccccc3C#N)nc2NCCc2cccc(F)c2)C1. The van der Waals surface area contributed by atoms with Crippen molar-refractivity contribution in [1.29, 1.82) is 5.26 Å². The number of hydrogen-bond donors (Lipinski definition) is 2. The number of nitrogens with zero attached hydrogens (tertiary/aromatic N) is 3. The van der Waals surface area contributed by atoms with Gasteiger partial charge in [0, 0.05) is 31.7 Å². The molecule has 8 nitrogen and oxygen atoms in total. The number of benzene rings is 2. The number of ether oxygens (including phenoxy) is 1. The number of amides is 2. The molecule has 1 aromatic heterocycles. The Morgan fingerprint density at radius 2 is 2.03 bits per heavy atom. The second-order valence-electron chi connectivity index (χ2n) is 9.19. The average molecular weight is 516 g/mol. The number of aromatic nitrogens is 1. The van der Waals surface area contributed by atoms with E-state index in [2.05, 4.69) is 16.7 Å². The minimum absolute atomic E-state index is 0.117. The van der Waals surface area contributed by atoms with Crippen LogP contribution in [0.25, 0.3) is 11.3 Å². The first kappa shape index (κ1) is 26.6. The molecule has 1 aliphatic rings. The molecule has 1 aliphatic heterocycles. The van der Waals surface area contributed by atoms with Gasteiger partial charge in [-0.15, -0.1) is 0 Å². The van der Waals surface area contributed by atoms with Gasteiger partial charge in [-0.2, -0.15) is 5.26 Å². The summed E-state index contributed by atoms with van der Waals surface area (Å²) < 4.78 is 18.4. The van der Waals surface area contributed by atoms with E-state index < -0.39 is 0 Å². The van der Waals surface area contributed by atoms with E-state index in [9.17, 15) is 19.2 Å². The summed E-state index contributed by atoms with van der Waals surface area (Å²) in [5.74, 6) is -0.0970. The number of methoxy groups -OCH3 is 1. The summed E-state index contributed by atoms with van der Waals surface area (Å²) in [6.07, 6.45) is 1.92. The second-order valence-corrected chi connectivity index (χ2v) is 9.19. The summed E-state index contributed by atoms with van der Waals surface area (Å²) in [4.78, 5) is 31.5. The summed E-state index contributed by atoms with van der Waals surface area (Å²) >= 11 is 0. The molecular formula is C29H30FN5O3. The van der Waals surface area contributed by atoms with Gasteiger partial charge in [0.1, 0.15) is 11.6 Å². The van der Waals surface area contributed by atoms with Crippen LogP contribution >= 0.6 is 0 Å². The van der Waals surface area contributed by atoms with Crippen LogP contribution in [0.1, 0.15) is 34.3 Å². The Balaban J connectivity index is 1.51. The molecule has 38 heavy (non-hydrogen) atoms. The average Bonchev–Trinajstić information content (AvgIpc) is 2.95. The minimum atomic E-state index is -0.358. The molecule has 0 radical (unpaired) electrons. The van der Waals surface area contributed by atoms with E-state index >= 15 is 0 Å². The lowest BCUT2D eigenvalue weighted by Crippen LogP contribution is -2.43. The van der Waals surface area contributed by atoms with Crippen molar-refractivity contribution in [1.82, 2.24) is 15.2 Å². The lowest BCUT2D eigenvalue weighted by molar-refractivity contribution is 0.0909. The minimum Gasteiger partial charge on any atom is -0.453 e. The molecule has 0 bridgehead atoms. The Bertz CT molecular complexity index is 1340. The molecule has 0 unspecified atom stereocenters. The maximum atomic E-state index is 13.6. The van der Waals surface area contributed by atoms with Crippen LogP contribution in [0.4, 0.5) is 15.0 Å². The van der Waals surface area contributed by atoms with Gasteiger partial charge in [-0.3, -0.25) is 4.79 Å². The topological polar surface area (TPSA) is 107 Å². The number of carbonyl (C=O) groups excluding carboxylic acids is 2. The standard InChI is InChI=1S/C29H30FN5O3/c1-38-29(37)35-15-5-7-21(19-35)18-33-28(36)25-11-12-26(24-10-3-2-8-22(24)17-31)34-27(25)32-14-13-20-6-4-9-23(30)16-20/h2-4,6,8-12,16,21H,5,7,13-15,18-19H2,1H3,(H,32,34)(H,33,36)/t21-/m1/s1. The highest BCUT2D eigenvalue weighted by Gasteiger charge is 2.25. The number of halogens is 1. The lowest BCUT2D eigenvalue weighted by atomic mass is 9.98. The van der Waals surface area contributed by atoms with Gasteiger partial charge in [0.2, 0.25) is 0 Å². The molecule has 1 saturated heterocycles. The maximum absolute atomic E-state index is 13.6. The van der Waals surface area contributed by atoms with E-state index in [0.29, 0.717) is 60.8 Å². The third kappa shape index (κ3) is 6.65. The van der Waals surface area contributed by atoms with Gasteiger partial charge in [0.15, 0.2) is 0 Å². The molecule has 3 aromatic rings. The number of rotatable bonds is 8. The quantitative estimate of drug-likeness (QED) is 0.453. The normalized spacial score (nSPS) is 14.9. The van der Waals surface area contributed by atoms with Gasteiger partial charge in [-0.1, -0.05) is 30.3 Å². The summed E-state index contributed by atoms with van der Waals surface area (Å²) in [5, 5.41) is 15.7. The molecular weight excluding hydrogens is 485 g/mol. The van der Waals surface area contributed by atoms with Crippen LogP contribution in [0.5, 0.6) is 0 Å². The number of pyridine rings is 1. The second kappa shape index (κ2) is 12.7. The first-order valence-corrected chi connectivity index (χ1v) is 12.6.